The number of rotatable bonds is 5. The van der Waals surface area contributed by atoms with Gasteiger partial charge in [0, 0.05) is 43.8 Å². The van der Waals surface area contributed by atoms with E-state index in [4.69, 9.17) is 4.74 Å². The molecule has 0 atom stereocenters. The molecule has 2 aromatic rings. The molecule has 1 N–H and O–H groups in total. The first-order valence-electron chi connectivity index (χ1n) is 8.51. The highest BCUT2D eigenvalue weighted by atomic mass is 16.5. The van der Waals surface area contributed by atoms with E-state index in [9.17, 15) is 4.79 Å². The molecule has 1 saturated heterocycles. The van der Waals surface area contributed by atoms with E-state index in [1.54, 1.807) is 31.4 Å². The van der Waals surface area contributed by atoms with Gasteiger partial charge in [-0.15, -0.1) is 0 Å². The second kappa shape index (κ2) is 8.44. The minimum Gasteiger partial charge on any atom is -0.497 e. The highest BCUT2D eigenvalue weighted by Gasteiger charge is 2.15. The lowest BCUT2D eigenvalue weighted by molar-refractivity contribution is 0.0954. The molecule has 5 nitrogen and oxygen atoms in total. The zero-order chi connectivity index (χ0) is 17.5. The summed E-state index contributed by atoms with van der Waals surface area (Å²) in [7, 11) is 1.60. The van der Waals surface area contributed by atoms with Crippen LogP contribution in [0.25, 0.3) is 0 Å². The maximum atomic E-state index is 12.1. The minimum atomic E-state index is -0.193. The van der Waals surface area contributed by atoms with Gasteiger partial charge in [-0.2, -0.15) is 5.10 Å². The average molecular weight is 337 g/mol. The molecule has 5 heteroatoms. The molecule has 2 aromatic carbocycles. The molecular weight excluding hydrogens is 314 g/mol. The minimum absolute atomic E-state index is 0.193. The van der Waals surface area contributed by atoms with Gasteiger partial charge in [0.1, 0.15) is 5.75 Å². The van der Waals surface area contributed by atoms with Crippen LogP contribution in [0.2, 0.25) is 0 Å². The Bertz CT molecular complexity index is 716. The molecule has 1 fully saturated rings. The molecule has 0 unspecified atom stereocenters. The number of carbonyl (C=O) groups is 1. The van der Waals surface area contributed by atoms with Crippen LogP contribution in [0.1, 0.15) is 28.8 Å². The number of methoxy groups -OCH3 is 1. The van der Waals surface area contributed by atoms with Crippen molar-refractivity contribution in [2.75, 3.05) is 20.2 Å². The summed E-state index contributed by atoms with van der Waals surface area (Å²) in [5.41, 5.74) is 5.61. The van der Waals surface area contributed by atoms with Crippen LogP contribution in [0.4, 0.5) is 0 Å². The van der Waals surface area contributed by atoms with E-state index in [0.29, 0.717) is 5.56 Å². The fraction of sp³-hybridized carbons (Fsp3) is 0.300. The first-order chi connectivity index (χ1) is 12.2. The summed E-state index contributed by atoms with van der Waals surface area (Å²) < 4.78 is 5.09. The normalized spacial score (nSPS) is 14.8. The molecule has 1 amide bonds. The van der Waals surface area contributed by atoms with Gasteiger partial charge in [0.2, 0.25) is 0 Å². The molecule has 1 heterocycles. The van der Waals surface area contributed by atoms with Crippen molar-refractivity contribution in [3.8, 4) is 5.75 Å². The summed E-state index contributed by atoms with van der Waals surface area (Å²) in [6, 6.07) is 17.5. The van der Waals surface area contributed by atoms with Crippen molar-refractivity contribution in [2.45, 2.75) is 19.4 Å². The van der Waals surface area contributed by atoms with Crippen molar-refractivity contribution < 1.29 is 9.53 Å². The van der Waals surface area contributed by atoms with Crippen molar-refractivity contribution in [3.05, 3.63) is 65.7 Å². The quantitative estimate of drug-likeness (QED) is 0.853. The average Bonchev–Trinajstić information content (AvgIpc) is 2.68. The van der Waals surface area contributed by atoms with Crippen LogP contribution in [0.3, 0.4) is 0 Å². The molecule has 3 rings (SSSR count). The van der Waals surface area contributed by atoms with Crippen molar-refractivity contribution in [2.24, 2.45) is 5.10 Å². The van der Waals surface area contributed by atoms with E-state index >= 15 is 0 Å². The topological polar surface area (TPSA) is 53.9 Å². The van der Waals surface area contributed by atoms with Gasteiger partial charge >= 0.3 is 0 Å². The lowest BCUT2D eigenvalue weighted by Gasteiger charge is -2.27. The molecular formula is C20H23N3O2. The number of ether oxygens (including phenoxy) is 1. The number of nitrogens with one attached hydrogen (secondary N) is 1. The van der Waals surface area contributed by atoms with Crippen LogP contribution in [0, 0.1) is 0 Å². The van der Waals surface area contributed by atoms with E-state index in [1.165, 1.54) is 5.56 Å². The number of piperidine rings is 1. The summed E-state index contributed by atoms with van der Waals surface area (Å²) in [5.74, 6) is 0.538. The Morgan fingerprint density at radius 2 is 1.76 bits per heavy atom. The first-order valence-corrected chi connectivity index (χ1v) is 8.51. The van der Waals surface area contributed by atoms with E-state index in [-0.39, 0.29) is 5.91 Å². The van der Waals surface area contributed by atoms with Gasteiger partial charge in [-0.05, 0) is 29.8 Å². The van der Waals surface area contributed by atoms with Crippen LogP contribution in [-0.4, -0.2) is 36.7 Å². The van der Waals surface area contributed by atoms with Crippen LogP contribution >= 0.6 is 0 Å². The Balaban J connectivity index is 1.48. The fourth-order valence-corrected chi connectivity index (χ4v) is 2.86. The van der Waals surface area contributed by atoms with Crippen LogP contribution in [0.15, 0.2) is 59.7 Å². The fourth-order valence-electron chi connectivity index (χ4n) is 2.86. The maximum Gasteiger partial charge on any atom is 0.271 e. The Morgan fingerprint density at radius 1 is 1.08 bits per heavy atom. The van der Waals surface area contributed by atoms with Crippen LogP contribution in [-0.2, 0) is 6.54 Å². The standard InChI is InChI=1S/C20H23N3O2/c1-25-19-9-7-17(8-10-19)20(24)22-21-18-11-13-23(14-12-18)15-16-5-3-2-4-6-16/h2-10H,11-15H2,1H3,(H,22,24). The monoisotopic (exact) mass is 337 g/mol. The lowest BCUT2D eigenvalue weighted by atomic mass is 10.1. The van der Waals surface area contributed by atoms with Crippen molar-refractivity contribution in [1.82, 2.24) is 10.3 Å². The highest BCUT2D eigenvalue weighted by molar-refractivity contribution is 5.95. The predicted molar refractivity (Wildman–Crippen MR) is 98.8 cm³/mol. The van der Waals surface area contributed by atoms with Crippen molar-refractivity contribution >= 4 is 11.6 Å². The molecule has 0 bridgehead atoms. The Morgan fingerprint density at radius 3 is 2.40 bits per heavy atom. The molecule has 1 aliphatic heterocycles. The molecule has 130 valence electrons. The number of hydrogen-bond donors (Lipinski definition) is 1. The third kappa shape index (κ3) is 4.90. The van der Waals surface area contributed by atoms with Gasteiger partial charge in [-0.1, -0.05) is 30.3 Å². The predicted octanol–water partition coefficient (Wildman–Crippen LogP) is 3.08. The van der Waals surface area contributed by atoms with E-state index < -0.39 is 0 Å². The SMILES string of the molecule is COc1ccc(C(=O)NN=C2CCN(Cc3ccccc3)CC2)cc1. The second-order valence-corrected chi connectivity index (χ2v) is 6.11. The summed E-state index contributed by atoms with van der Waals surface area (Å²) in [4.78, 5) is 14.5. The summed E-state index contributed by atoms with van der Waals surface area (Å²) in [6.45, 7) is 2.89. The molecule has 0 saturated carbocycles. The lowest BCUT2D eigenvalue weighted by Crippen LogP contribution is -2.34. The molecule has 0 aliphatic carbocycles. The van der Waals surface area contributed by atoms with Gasteiger partial charge in [0.25, 0.3) is 5.91 Å². The Hall–Kier alpha value is -2.66. The Kier molecular flexibility index (Phi) is 5.80. The number of likely N-dealkylation sites (tertiary alicyclic amines) is 1. The van der Waals surface area contributed by atoms with Gasteiger partial charge in [-0.3, -0.25) is 9.69 Å². The van der Waals surface area contributed by atoms with Gasteiger partial charge in [-0.25, -0.2) is 5.43 Å². The van der Waals surface area contributed by atoms with Crippen molar-refractivity contribution in [3.63, 3.8) is 0 Å². The summed E-state index contributed by atoms with van der Waals surface area (Å²) >= 11 is 0. The number of hydrogen-bond acceptors (Lipinski definition) is 4. The highest BCUT2D eigenvalue weighted by Crippen LogP contribution is 2.13. The second-order valence-electron chi connectivity index (χ2n) is 6.11. The molecule has 0 aromatic heterocycles. The number of benzene rings is 2. The number of nitrogens with zero attached hydrogens (tertiary/aromatic N) is 2. The molecule has 1 aliphatic rings. The van der Waals surface area contributed by atoms with Crippen LogP contribution < -0.4 is 10.2 Å². The van der Waals surface area contributed by atoms with E-state index in [2.05, 4.69) is 39.7 Å². The number of amides is 1. The first kappa shape index (κ1) is 17.2. The van der Waals surface area contributed by atoms with E-state index in [1.807, 2.05) is 6.07 Å². The Labute approximate surface area is 148 Å². The van der Waals surface area contributed by atoms with E-state index in [0.717, 1.165) is 43.9 Å². The third-order valence-electron chi connectivity index (χ3n) is 4.35. The maximum absolute atomic E-state index is 12.1. The number of carbonyl (C=O) groups excluding carboxylic acids is 1. The molecule has 0 spiro atoms. The number of hydrazone groups is 1. The zero-order valence-electron chi connectivity index (χ0n) is 14.4. The summed E-state index contributed by atoms with van der Waals surface area (Å²) in [6.07, 6.45) is 1.77. The largest absolute Gasteiger partial charge is 0.497 e. The van der Waals surface area contributed by atoms with Gasteiger partial charge in [0.05, 0.1) is 7.11 Å². The smallest absolute Gasteiger partial charge is 0.271 e. The molecule has 25 heavy (non-hydrogen) atoms. The zero-order valence-corrected chi connectivity index (χ0v) is 14.4. The van der Waals surface area contributed by atoms with Crippen molar-refractivity contribution in [1.29, 1.82) is 0 Å². The molecule has 0 radical (unpaired) electrons. The third-order valence-corrected chi connectivity index (χ3v) is 4.35. The van der Waals surface area contributed by atoms with Crippen LogP contribution in [0.5, 0.6) is 5.75 Å². The van der Waals surface area contributed by atoms with Gasteiger partial charge in [0.15, 0.2) is 0 Å². The summed E-state index contributed by atoms with van der Waals surface area (Å²) in [5, 5.41) is 4.30. The van der Waals surface area contributed by atoms with Gasteiger partial charge < -0.3 is 4.74 Å².